The van der Waals surface area contributed by atoms with Gasteiger partial charge in [0.15, 0.2) is 0 Å². The molecule has 5 nitrogen and oxygen atoms in total. The second-order valence-electron chi connectivity index (χ2n) is 4.81. The molecule has 0 aromatic heterocycles. The Balaban J connectivity index is 2.11. The van der Waals surface area contributed by atoms with Crippen LogP contribution in [0.2, 0.25) is 5.02 Å². The van der Waals surface area contributed by atoms with Gasteiger partial charge in [-0.05, 0) is 18.9 Å². The van der Waals surface area contributed by atoms with Crippen molar-refractivity contribution in [1.29, 1.82) is 0 Å². The van der Waals surface area contributed by atoms with Gasteiger partial charge in [0.2, 0.25) is 5.91 Å². The predicted octanol–water partition coefficient (Wildman–Crippen LogP) is 3.30. The summed E-state index contributed by atoms with van der Waals surface area (Å²) in [4.78, 5) is 22.5. The van der Waals surface area contributed by atoms with Crippen molar-refractivity contribution in [3.05, 3.63) is 34.9 Å². The number of halogens is 1. The van der Waals surface area contributed by atoms with Gasteiger partial charge in [-0.2, -0.15) is 5.10 Å². The minimum atomic E-state index is -0.188. The Bertz CT molecular complexity index is 518. The SMILES string of the molecule is COC(=O)CCCCCCC(=O)N/N=C/c1ccccc1Cl. The fraction of sp³-hybridized carbons (Fsp3) is 0.438. The Kier molecular flexibility index (Phi) is 8.91. The number of hydrazone groups is 1. The number of nitrogens with zero attached hydrogens (tertiary/aromatic N) is 1. The zero-order chi connectivity index (χ0) is 16.2. The minimum absolute atomic E-state index is 0.128. The van der Waals surface area contributed by atoms with Crippen molar-refractivity contribution in [2.45, 2.75) is 38.5 Å². The van der Waals surface area contributed by atoms with Crippen molar-refractivity contribution in [2.75, 3.05) is 7.11 Å². The van der Waals surface area contributed by atoms with E-state index in [9.17, 15) is 9.59 Å². The van der Waals surface area contributed by atoms with Crippen LogP contribution < -0.4 is 5.43 Å². The highest BCUT2D eigenvalue weighted by atomic mass is 35.5. The van der Waals surface area contributed by atoms with Crippen molar-refractivity contribution in [1.82, 2.24) is 5.43 Å². The second-order valence-corrected chi connectivity index (χ2v) is 5.21. The van der Waals surface area contributed by atoms with Crippen LogP contribution >= 0.6 is 11.6 Å². The van der Waals surface area contributed by atoms with E-state index >= 15 is 0 Å². The lowest BCUT2D eigenvalue weighted by atomic mass is 10.1. The van der Waals surface area contributed by atoms with Crippen LogP contribution in [0.5, 0.6) is 0 Å². The number of nitrogens with one attached hydrogen (secondary N) is 1. The molecule has 1 aromatic rings. The Morgan fingerprint density at radius 3 is 2.55 bits per heavy atom. The first-order valence-electron chi connectivity index (χ1n) is 7.26. The zero-order valence-corrected chi connectivity index (χ0v) is 13.4. The van der Waals surface area contributed by atoms with Crippen LogP contribution in [0.1, 0.15) is 44.1 Å². The Hall–Kier alpha value is -1.88. The highest BCUT2D eigenvalue weighted by molar-refractivity contribution is 6.33. The Morgan fingerprint density at radius 1 is 1.18 bits per heavy atom. The molecule has 0 fully saturated rings. The van der Waals surface area contributed by atoms with Gasteiger partial charge in [-0.25, -0.2) is 5.43 Å². The molecule has 0 bridgehead atoms. The van der Waals surface area contributed by atoms with Crippen molar-refractivity contribution < 1.29 is 14.3 Å². The van der Waals surface area contributed by atoms with E-state index in [0.29, 0.717) is 17.9 Å². The number of benzene rings is 1. The molecule has 6 heteroatoms. The molecule has 0 heterocycles. The lowest BCUT2D eigenvalue weighted by Gasteiger charge is -2.01. The second kappa shape index (κ2) is 10.8. The van der Waals surface area contributed by atoms with E-state index in [1.807, 2.05) is 18.2 Å². The van der Waals surface area contributed by atoms with Gasteiger partial charge in [0.25, 0.3) is 0 Å². The van der Waals surface area contributed by atoms with E-state index < -0.39 is 0 Å². The lowest BCUT2D eigenvalue weighted by molar-refractivity contribution is -0.140. The summed E-state index contributed by atoms with van der Waals surface area (Å²) in [6.07, 6.45) is 5.75. The maximum Gasteiger partial charge on any atom is 0.305 e. The molecule has 0 atom stereocenters. The average molecular weight is 325 g/mol. The molecule has 0 saturated heterocycles. The average Bonchev–Trinajstić information content (AvgIpc) is 2.52. The lowest BCUT2D eigenvalue weighted by Crippen LogP contribution is -2.16. The van der Waals surface area contributed by atoms with Crippen LogP contribution in [0.4, 0.5) is 0 Å². The Labute approximate surface area is 135 Å². The first-order valence-corrected chi connectivity index (χ1v) is 7.64. The molecule has 0 saturated carbocycles. The third-order valence-electron chi connectivity index (χ3n) is 3.06. The van der Waals surface area contributed by atoms with Crippen molar-refractivity contribution in [3.8, 4) is 0 Å². The summed E-state index contributed by atoms with van der Waals surface area (Å²) in [6, 6.07) is 7.26. The van der Waals surface area contributed by atoms with E-state index in [2.05, 4.69) is 15.3 Å². The number of hydrogen-bond donors (Lipinski definition) is 1. The smallest absolute Gasteiger partial charge is 0.305 e. The summed E-state index contributed by atoms with van der Waals surface area (Å²) >= 11 is 5.97. The van der Waals surface area contributed by atoms with Gasteiger partial charge in [0.05, 0.1) is 13.3 Å². The Morgan fingerprint density at radius 2 is 1.86 bits per heavy atom. The monoisotopic (exact) mass is 324 g/mol. The van der Waals surface area contributed by atoms with Gasteiger partial charge in [-0.1, -0.05) is 42.6 Å². The minimum Gasteiger partial charge on any atom is -0.469 e. The molecule has 1 rings (SSSR count). The molecule has 0 aliphatic rings. The molecule has 0 aliphatic heterocycles. The van der Waals surface area contributed by atoms with Crippen LogP contribution in [0.25, 0.3) is 0 Å². The van der Waals surface area contributed by atoms with Gasteiger partial charge >= 0.3 is 5.97 Å². The predicted molar refractivity (Wildman–Crippen MR) is 86.9 cm³/mol. The van der Waals surface area contributed by atoms with Crippen LogP contribution in [0, 0.1) is 0 Å². The third kappa shape index (κ3) is 7.78. The molecule has 120 valence electrons. The number of hydrogen-bond acceptors (Lipinski definition) is 4. The summed E-state index contributed by atoms with van der Waals surface area (Å²) in [5.74, 6) is -0.317. The number of carbonyl (C=O) groups excluding carboxylic acids is 2. The molecular formula is C16H21ClN2O3. The normalized spacial score (nSPS) is 10.6. The zero-order valence-electron chi connectivity index (χ0n) is 12.7. The van der Waals surface area contributed by atoms with Crippen molar-refractivity contribution in [3.63, 3.8) is 0 Å². The third-order valence-corrected chi connectivity index (χ3v) is 3.40. The first kappa shape index (κ1) is 18.2. The van der Waals surface area contributed by atoms with Crippen molar-refractivity contribution >= 4 is 29.7 Å². The summed E-state index contributed by atoms with van der Waals surface area (Å²) in [5, 5.41) is 4.47. The van der Waals surface area contributed by atoms with Crippen LogP contribution in [-0.2, 0) is 14.3 Å². The summed E-state index contributed by atoms with van der Waals surface area (Å²) in [6.45, 7) is 0. The maximum atomic E-state index is 11.6. The number of unbranched alkanes of at least 4 members (excludes halogenated alkanes) is 3. The highest BCUT2D eigenvalue weighted by Gasteiger charge is 2.02. The number of ether oxygens (including phenoxy) is 1. The first-order chi connectivity index (χ1) is 10.6. The highest BCUT2D eigenvalue weighted by Crippen LogP contribution is 2.12. The fourth-order valence-electron chi connectivity index (χ4n) is 1.82. The number of rotatable bonds is 9. The van der Waals surface area contributed by atoms with Gasteiger partial charge in [-0.15, -0.1) is 0 Å². The molecule has 1 amide bonds. The van der Waals surface area contributed by atoms with Gasteiger partial charge in [0.1, 0.15) is 0 Å². The maximum absolute atomic E-state index is 11.6. The fourth-order valence-corrected chi connectivity index (χ4v) is 2.00. The van der Waals surface area contributed by atoms with E-state index in [4.69, 9.17) is 11.6 Å². The van der Waals surface area contributed by atoms with Crippen LogP contribution in [0.3, 0.4) is 0 Å². The van der Waals surface area contributed by atoms with Crippen LogP contribution in [0.15, 0.2) is 29.4 Å². The standard InChI is InChI=1S/C16H21ClN2O3/c1-22-16(21)11-5-3-2-4-10-15(20)19-18-12-13-8-6-7-9-14(13)17/h6-9,12H,2-5,10-11H2,1H3,(H,19,20)/b18-12+. The molecule has 1 aromatic carbocycles. The molecule has 0 radical (unpaired) electrons. The van der Waals surface area contributed by atoms with E-state index in [1.165, 1.54) is 13.3 Å². The van der Waals surface area contributed by atoms with E-state index in [0.717, 1.165) is 31.2 Å². The summed E-state index contributed by atoms with van der Waals surface area (Å²) in [5.41, 5.74) is 3.23. The summed E-state index contributed by atoms with van der Waals surface area (Å²) < 4.78 is 4.56. The van der Waals surface area contributed by atoms with E-state index in [1.54, 1.807) is 6.07 Å². The number of carbonyl (C=O) groups is 2. The topological polar surface area (TPSA) is 67.8 Å². The quantitative estimate of drug-likeness (QED) is 0.328. The number of methoxy groups -OCH3 is 1. The van der Waals surface area contributed by atoms with Gasteiger partial charge in [0, 0.05) is 23.4 Å². The molecular weight excluding hydrogens is 304 g/mol. The molecule has 0 unspecified atom stereocenters. The molecule has 0 spiro atoms. The molecule has 22 heavy (non-hydrogen) atoms. The number of esters is 1. The van der Waals surface area contributed by atoms with Gasteiger partial charge in [-0.3, -0.25) is 9.59 Å². The summed E-state index contributed by atoms with van der Waals surface area (Å²) in [7, 11) is 1.38. The van der Waals surface area contributed by atoms with Crippen molar-refractivity contribution in [2.24, 2.45) is 5.10 Å². The van der Waals surface area contributed by atoms with E-state index in [-0.39, 0.29) is 11.9 Å². The molecule has 0 aliphatic carbocycles. The molecule has 1 N–H and O–H groups in total. The van der Waals surface area contributed by atoms with Gasteiger partial charge < -0.3 is 4.74 Å². The number of amides is 1. The van der Waals surface area contributed by atoms with Crippen LogP contribution in [-0.4, -0.2) is 25.2 Å². The largest absolute Gasteiger partial charge is 0.469 e.